The van der Waals surface area contributed by atoms with E-state index in [1.165, 1.54) is 9.59 Å². The largest absolute Gasteiger partial charge is 0.505 e. The first-order valence-electron chi connectivity index (χ1n) is 13.8. The Bertz CT molecular complexity index is 1720. The Hall–Kier alpha value is -4.72. The molecule has 2 N–H and O–H groups in total. The summed E-state index contributed by atoms with van der Waals surface area (Å²) in [5.41, 5.74) is 6.93. The molecule has 6 rings (SSSR count). The van der Waals surface area contributed by atoms with Crippen LogP contribution in [-0.2, 0) is 17.3 Å². The van der Waals surface area contributed by atoms with Crippen LogP contribution in [0.1, 0.15) is 71.2 Å². The molecule has 216 valence electrons. The Kier molecular flexibility index (Phi) is 7.05. The lowest BCUT2D eigenvalue weighted by Crippen LogP contribution is -2.15. The fraction of sp³-hybridized carbons (Fsp3) is 0.294. The molecule has 0 atom stereocenters. The summed E-state index contributed by atoms with van der Waals surface area (Å²) in [6.45, 7) is 12.8. The minimum absolute atomic E-state index is 0. The van der Waals surface area contributed by atoms with Crippen molar-refractivity contribution in [1.82, 2.24) is 30.0 Å². The lowest BCUT2D eigenvalue weighted by Gasteiger charge is -2.24. The standard InChI is InChI=1S/C33H34N6O2.CH4/c1-32(2,3)22-16-20(30(40)28(18-22)38-34-24-11-7-8-12-25(24)35-38)15-21-17-23(33(4,5)6)19-29(31(21)41)39-36-26-13-9-10-14-27(26)37-39;/h7-14,16-19,40-41H,15H2,1-6H3;1H4. The molecule has 0 aliphatic rings. The summed E-state index contributed by atoms with van der Waals surface area (Å²) < 4.78 is 0. The summed E-state index contributed by atoms with van der Waals surface area (Å²) in [6, 6.07) is 23.1. The SMILES string of the molecule is C.CC(C)(C)c1cc(Cc2cc(C(C)(C)C)cc(-n3nc4ccccc4n3)c2O)c(O)c(-n2nc3ccccc3n2)c1. The summed E-state index contributed by atoms with van der Waals surface area (Å²) in [4.78, 5) is 2.99. The molecule has 2 aromatic heterocycles. The average molecular weight is 563 g/mol. The fourth-order valence-corrected chi connectivity index (χ4v) is 4.94. The van der Waals surface area contributed by atoms with Crippen LogP contribution in [0.25, 0.3) is 33.4 Å². The zero-order chi connectivity index (χ0) is 29.1. The predicted molar refractivity (Wildman–Crippen MR) is 168 cm³/mol. The van der Waals surface area contributed by atoms with Crippen molar-refractivity contribution in [3.8, 4) is 22.9 Å². The van der Waals surface area contributed by atoms with Gasteiger partial charge in [-0.3, -0.25) is 0 Å². The van der Waals surface area contributed by atoms with Crippen molar-refractivity contribution in [2.45, 2.75) is 66.2 Å². The van der Waals surface area contributed by atoms with E-state index in [0.29, 0.717) is 22.5 Å². The number of nitrogens with zero attached hydrogens (tertiary/aromatic N) is 6. The van der Waals surface area contributed by atoms with E-state index >= 15 is 0 Å². The van der Waals surface area contributed by atoms with Crippen LogP contribution in [0.4, 0.5) is 0 Å². The number of benzene rings is 4. The minimum atomic E-state index is -0.205. The summed E-state index contributed by atoms with van der Waals surface area (Å²) in [7, 11) is 0. The van der Waals surface area contributed by atoms with Crippen molar-refractivity contribution < 1.29 is 10.2 Å². The van der Waals surface area contributed by atoms with E-state index in [4.69, 9.17) is 0 Å². The van der Waals surface area contributed by atoms with Gasteiger partial charge in [0, 0.05) is 17.5 Å². The zero-order valence-corrected chi connectivity index (χ0v) is 24.2. The summed E-state index contributed by atoms with van der Waals surface area (Å²) in [5.74, 6) is 0.145. The fourth-order valence-electron chi connectivity index (χ4n) is 4.94. The van der Waals surface area contributed by atoms with E-state index in [9.17, 15) is 10.2 Å². The molecule has 8 nitrogen and oxygen atoms in total. The number of hydrogen-bond donors (Lipinski definition) is 2. The summed E-state index contributed by atoms with van der Waals surface area (Å²) >= 11 is 0. The molecule has 0 fully saturated rings. The molecule has 0 radical (unpaired) electrons. The highest BCUT2D eigenvalue weighted by atomic mass is 16.3. The zero-order valence-electron chi connectivity index (χ0n) is 24.2. The molecule has 0 saturated carbocycles. The van der Waals surface area contributed by atoms with Gasteiger partial charge in [0.2, 0.25) is 0 Å². The van der Waals surface area contributed by atoms with E-state index in [0.717, 1.165) is 33.2 Å². The van der Waals surface area contributed by atoms with Crippen LogP contribution in [0, 0.1) is 0 Å². The van der Waals surface area contributed by atoms with Crippen molar-refractivity contribution in [1.29, 1.82) is 0 Å². The summed E-state index contributed by atoms with van der Waals surface area (Å²) in [6.07, 6.45) is 0.285. The lowest BCUT2D eigenvalue weighted by atomic mass is 9.83. The van der Waals surface area contributed by atoms with Crippen molar-refractivity contribution in [2.24, 2.45) is 0 Å². The first-order chi connectivity index (χ1) is 19.4. The number of aromatic nitrogens is 6. The Morgan fingerprint density at radius 1 is 0.548 bits per heavy atom. The molecule has 2 heterocycles. The average Bonchev–Trinajstić information content (AvgIpc) is 3.54. The van der Waals surface area contributed by atoms with Crippen LogP contribution in [0.5, 0.6) is 11.5 Å². The molecule has 0 aliphatic heterocycles. The quantitative estimate of drug-likeness (QED) is 0.232. The maximum atomic E-state index is 11.6. The first-order valence-corrected chi connectivity index (χ1v) is 13.8. The molecular formula is C34H38N6O2. The van der Waals surface area contributed by atoms with Crippen LogP contribution in [0.15, 0.2) is 72.8 Å². The van der Waals surface area contributed by atoms with Gasteiger partial charge in [0.05, 0.1) is 0 Å². The van der Waals surface area contributed by atoms with Crippen LogP contribution in [-0.4, -0.2) is 40.2 Å². The summed E-state index contributed by atoms with van der Waals surface area (Å²) in [5, 5.41) is 41.7. The van der Waals surface area contributed by atoms with E-state index in [-0.39, 0.29) is 36.2 Å². The highest BCUT2D eigenvalue weighted by Gasteiger charge is 2.25. The molecule has 0 unspecified atom stereocenters. The van der Waals surface area contributed by atoms with Crippen LogP contribution in [0.3, 0.4) is 0 Å². The molecular weight excluding hydrogens is 524 g/mol. The number of phenolic OH excluding ortho intramolecular Hbond substituents is 2. The maximum Gasteiger partial charge on any atom is 0.146 e. The molecule has 0 saturated heterocycles. The normalized spacial score (nSPS) is 12.1. The molecule has 8 heteroatoms. The van der Waals surface area contributed by atoms with Gasteiger partial charge >= 0.3 is 0 Å². The number of fused-ring (bicyclic) bond motifs is 2. The molecule has 42 heavy (non-hydrogen) atoms. The van der Waals surface area contributed by atoms with Crippen molar-refractivity contribution >= 4 is 22.1 Å². The Morgan fingerprint density at radius 3 is 1.14 bits per heavy atom. The lowest BCUT2D eigenvalue weighted by molar-refractivity contribution is 0.453. The number of phenols is 2. The predicted octanol–water partition coefficient (Wildman–Crippen LogP) is 7.39. The van der Waals surface area contributed by atoms with Crippen molar-refractivity contribution in [2.75, 3.05) is 0 Å². The van der Waals surface area contributed by atoms with Gasteiger partial charge in [-0.25, -0.2) is 0 Å². The van der Waals surface area contributed by atoms with E-state index in [2.05, 4.69) is 61.9 Å². The van der Waals surface area contributed by atoms with Gasteiger partial charge in [0.15, 0.2) is 0 Å². The van der Waals surface area contributed by atoms with E-state index < -0.39 is 0 Å². The third-order valence-electron chi connectivity index (χ3n) is 7.45. The molecule has 0 amide bonds. The van der Waals surface area contributed by atoms with Crippen LogP contribution >= 0.6 is 0 Å². The third kappa shape index (κ3) is 5.20. The number of hydrogen-bond acceptors (Lipinski definition) is 6. The monoisotopic (exact) mass is 562 g/mol. The maximum absolute atomic E-state index is 11.6. The molecule has 0 aliphatic carbocycles. The molecule has 4 aromatic carbocycles. The highest BCUT2D eigenvalue weighted by molar-refractivity contribution is 5.75. The van der Waals surface area contributed by atoms with Gasteiger partial charge in [0.25, 0.3) is 0 Å². The highest BCUT2D eigenvalue weighted by Crippen LogP contribution is 2.39. The Labute approximate surface area is 246 Å². The smallest absolute Gasteiger partial charge is 0.146 e. The Morgan fingerprint density at radius 2 is 0.857 bits per heavy atom. The second kappa shape index (κ2) is 10.3. The van der Waals surface area contributed by atoms with Crippen molar-refractivity contribution in [3.63, 3.8) is 0 Å². The van der Waals surface area contributed by atoms with Gasteiger partial charge in [-0.05, 0) is 58.4 Å². The van der Waals surface area contributed by atoms with Gasteiger partial charge in [-0.1, -0.05) is 85.4 Å². The van der Waals surface area contributed by atoms with Gasteiger partial charge in [0.1, 0.15) is 44.9 Å². The second-order valence-electron chi connectivity index (χ2n) is 12.6. The third-order valence-corrected chi connectivity index (χ3v) is 7.45. The number of aromatic hydroxyl groups is 2. The van der Waals surface area contributed by atoms with E-state index in [1.54, 1.807) is 0 Å². The topological polar surface area (TPSA) is 102 Å². The van der Waals surface area contributed by atoms with Crippen LogP contribution in [0.2, 0.25) is 0 Å². The number of rotatable bonds is 4. The van der Waals surface area contributed by atoms with Gasteiger partial charge in [-0.2, -0.15) is 0 Å². The Balaban J connectivity index is 0.00000353. The van der Waals surface area contributed by atoms with Crippen molar-refractivity contribution in [3.05, 3.63) is 95.1 Å². The first kappa shape index (κ1) is 28.8. The molecule has 0 spiro atoms. The molecule has 0 bridgehead atoms. The van der Waals surface area contributed by atoms with Crippen LogP contribution < -0.4 is 0 Å². The minimum Gasteiger partial charge on any atom is -0.505 e. The van der Waals surface area contributed by atoms with Gasteiger partial charge < -0.3 is 10.2 Å². The molecule has 6 aromatic rings. The van der Waals surface area contributed by atoms with Gasteiger partial charge in [-0.15, -0.1) is 30.0 Å². The van der Waals surface area contributed by atoms with E-state index in [1.807, 2.05) is 72.8 Å². The second-order valence-corrected chi connectivity index (χ2v) is 12.6.